The van der Waals surface area contributed by atoms with E-state index in [9.17, 15) is 4.79 Å². The van der Waals surface area contributed by atoms with Crippen LogP contribution in [0.25, 0.3) is 0 Å². The van der Waals surface area contributed by atoms with Crippen molar-refractivity contribution in [3.05, 3.63) is 53.6 Å². The zero-order chi connectivity index (χ0) is 15.9. The van der Waals surface area contributed by atoms with Crippen LogP contribution in [0.3, 0.4) is 0 Å². The molecule has 0 fully saturated rings. The highest BCUT2D eigenvalue weighted by Crippen LogP contribution is 2.29. The molecule has 0 unspecified atom stereocenters. The van der Waals surface area contributed by atoms with Crippen LogP contribution in [-0.2, 0) is 5.75 Å². The van der Waals surface area contributed by atoms with Crippen molar-refractivity contribution in [2.45, 2.75) is 5.75 Å². The summed E-state index contributed by atoms with van der Waals surface area (Å²) in [5.41, 5.74) is 2.39. The Morgan fingerprint density at radius 3 is 2.41 bits per heavy atom. The molecule has 0 heterocycles. The van der Waals surface area contributed by atoms with Gasteiger partial charge in [-0.2, -0.15) is 11.8 Å². The maximum atomic E-state index is 12.3. The monoisotopic (exact) mass is 317 g/mol. The van der Waals surface area contributed by atoms with Crippen LogP contribution in [0.2, 0.25) is 0 Å². The minimum Gasteiger partial charge on any atom is -0.497 e. The van der Waals surface area contributed by atoms with Gasteiger partial charge in [-0.1, -0.05) is 12.1 Å². The van der Waals surface area contributed by atoms with E-state index >= 15 is 0 Å². The predicted octanol–water partition coefficient (Wildman–Crippen LogP) is 3.82. The molecule has 2 aromatic rings. The maximum absolute atomic E-state index is 12.3. The fourth-order valence-corrected chi connectivity index (χ4v) is 2.55. The molecule has 0 aromatic heterocycles. The molecule has 2 rings (SSSR count). The second kappa shape index (κ2) is 7.75. The number of carbonyl (C=O) groups excluding carboxylic acids is 1. The van der Waals surface area contributed by atoms with E-state index in [1.54, 1.807) is 44.2 Å². The summed E-state index contributed by atoms with van der Waals surface area (Å²) in [5, 5.41) is 2.85. The molecule has 0 saturated heterocycles. The summed E-state index contributed by atoms with van der Waals surface area (Å²) in [6, 6.07) is 12.9. The summed E-state index contributed by atoms with van der Waals surface area (Å²) in [4.78, 5) is 12.3. The van der Waals surface area contributed by atoms with Crippen LogP contribution in [0.1, 0.15) is 15.9 Å². The summed E-state index contributed by atoms with van der Waals surface area (Å²) in [6.45, 7) is 0. The lowest BCUT2D eigenvalue weighted by Crippen LogP contribution is -2.12. The highest BCUT2D eigenvalue weighted by molar-refractivity contribution is 7.97. The second-order valence-corrected chi connectivity index (χ2v) is 5.52. The number of anilines is 1. The smallest absolute Gasteiger partial charge is 0.255 e. The van der Waals surface area contributed by atoms with E-state index in [2.05, 4.69) is 11.6 Å². The second-order valence-electron chi connectivity index (χ2n) is 4.65. The third kappa shape index (κ3) is 3.95. The van der Waals surface area contributed by atoms with Crippen molar-refractivity contribution in [1.29, 1.82) is 0 Å². The lowest BCUT2D eigenvalue weighted by Gasteiger charge is -2.12. The molecule has 1 N–H and O–H groups in total. The van der Waals surface area contributed by atoms with Crippen molar-refractivity contribution in [3.63, 3.8) is 0 Å². The van der Waals surface area contributed by atoms with E-state index in [4.69, 9.17) is 9.47 Å². The van der Waals surface area contributed by atoms with Crippen molar-refractivity contribution in [2.24, 2.45) is 0 Å². The predicted molar refractivity (Wildman–Crippen MR) is 91.2 cm³/mol. The van der Waals surface area contributed by atoms with Gasteiger partial charge < -0.3 is 14.8 Å². The first-order valence-electron chi connectivity index (χ1n) is 6.79. The molecule has 1 amide bonds. The van der Waals surface area contributed by atoms with Crippen molar-refractivity contribution < 1.29 is 14.3 Å². The first kappa shape index (κ1) is 16.2. The van der Waals surface area contributed by atoms with Gasteiger partial charge in [0.15, 0.2) is 0 Å². The van der Waals surface area contributed by atoms with E-state index in [0.29, 0.717) is 22.7 Å². The van der Waals surface area contributed by atoms with Gasteiger partial charge in [0.2, 0.25) is 0 Å². The molecule has 0 aliphatic heterocycles. The molecule has 0 aliphatic rings. The highest BCUT2D eigenvalue weighted by atomic mass is 32.2. The van der Waals surface area contributed by atoms with Crippen molar-refractivity contribution in [3.8, 4) is 11.5 Å². The molecule has 0 radical (unpaired) electrons. The molecule has 0 bridgehead atoms. The van der Waals surface area contributed by atoms with Crippen molar-refractivity contribution in [1.82, 2.24) is 0 Å². The fourth-order valence-electron chi connectivity index (χ4n) is 2.03. The molecule has 0 saturated carbocycles. The molecule has 22 heavy (non-hydrogen) atoms. The number of hydrogen-bond donors (Lipinski definition) is 1. The minimum atomic E-state index is -0.178. The quantitative estimate of drug-likeness (QED) is 0.880. The number of amides is 1. The number of benzene rings is 2. The summed E-state index contributed by atoms with van der Waals surface area (Å²) < 4.78 is 10.4. The third-order valence-corrected chi connectivity index (χ3v) is 3.80. The van der Waals surface area contributed by atoms with Crippen LogP contribution in [0, 0.1) is 0 Å². The largest absolute Gasteiger partial charge is 0.497 e. The number of thioether (sulfide) groups is 1. The first-order chi connectivity index (χ1) is 10.7. The normalized spacial score (nSPS) is 10.1. The average molecular weight is 317 g/mol. The average Bonchev–Trinajstić information content (AvgIpc) is 2.55. The van der Waals surface area contributed by atoms with Crippen LogP contribution in [0.15, 0.2) is 42.5 Å². The SMILES string of the molecule is COc1ccc(OC)c(NC(=O)c2ccc(CSC)cc2)c1. The third-order valence-electron chi connectivity index (χ3n) is 3.18. The Morgan fingerprint density at radius 1 is 1.09 bits per heavy atom. The molecular weight excluding hydrogens is 298 g/mol. The van der Waals surface area contributed by atoms with Gasteiger partial charge in [-0.15, -0.1) is 0 Å². The lowest BCUT2D eigenvalue weighted by atomic mass is 10.1. The molecule has 4 nitrogen and oxygen atoms in total. The van der Waals surface area contributed by atoms with Gasteiger partial charge in [0.25, 0.3) is 5.91 Å². The van der Waals surface area contributed by atoms with Gasteiger partial charge in [-0.05, 0) is 36.1 Å². The van der Waals surface area contributed by atoms with Crippen LogP contribution in [0.4, 0.5) is 5.69 Å². The summed E-state index contributed by atoms with van der Waals surface area (Å²) in [5.74, 6) is 2.01. The summed E-state index contributed by atoms with van der Waals surface area (Å²) >= 11 is 1.75. The molecule has 0 aliphatic carbocycles. The Kier molecular flexibility index (Phi) is 5.72. The van der Waals surface area contributed by atoms with Gasteiger partial charge in [0.05, 0.1) is 19.9 Å². The number of hydrogen-bond acceptors (Lipinski definition) is 4. The van der Waals surface area contributed by atoms with Gasteiger partial charge in [-0.25, -0.2) is 0 Å². The zero-order valence-electron chi connectivity index (χ0n) is 12.9. The zero-order valence-corrected chi connectivity index (χ0v) is 13.7. The first-order valence-corrected chi connectivity index (χ1v) is 8.18. The number of carbonyl (C=O) groups is 1. The number of nitrogens with one attached hydrogen (secondary N) is 1. The van der Waals surface area contributed by atoms with E-state index < -0.39 is 0 Å². The number of rotatable bonds is 6. The minimum absolute atomic E-state index is 0.178. The van der Waals surface area contributed by atoms with Crippen LogP contribution in [0.5, 0.6) is 11.5 Å². The Balaban J connectivity index is 2.17. The van der Waals surface area contributed by atoms with Crippen molar-refractivity contribution in [2.75, 3.05) is 25.8 Å². The highest BCUT2D eigenvalue weighted by Gasteiger charge is 2.11. The van der Waals surface area contributed by atoms with Crippen LogP contribution in [-0.4, -0.2) is 26.4 Å². The Bertz CT molecular complexity index is 641. The number of methoxy groups -OCH3 is 2. The molecule has 5 heteroatoms. The van der Waals surface area contributed by atoms with Gasteiger partial charge in [-0.3, -0.25) is 4.79 Å². The lowest BCUT2D eigenvalue weighted by molar-refractivity contribution is 0.102. The Morgan fingerprint density at radius 2 is 1.82 bits per heavy atom. The summed E-state index contributed by atoms with van der Waals surface area (Å²) in [6.07, 6.45) is 2.05. The van der Waals surface area contributed by atoms with Gasteiger partial charge >= 0.3 is 0 Å². The standard InChI is InChI=1S/C17H19NO3S/c1-20-14-8-9-16(21-2)15(10-14)18-17(19)13-6-4-12(5-7-13)11-22-3/h4-10H,11H2,1-3H3,(H,18,19). The molecule has 2 aromatic carbocycles. The van der Waals surface area contributed by atoms with Crippen LogP contribution < -0.4 is 14.8 Å². The molecule has 116 valence electrons. The van der Waals surface area contributed by atoms with E-state index in [-0.39, 0.29) is 5.91 Å². The van der Waals surface area contributed by atoms with E-state index in [0.717, 1.165) is 5.75 Å². The van der Waals surface area contributed by atoms with E-state index in [1.807, 2.05) is 24.3 Å². The van der Waals surface area contributed by atoms with E-state index in [1.165, 1.54) is 5.56 Å². The van der Waals surface area contributed by atoms with Crippen LogP contribution >= 0.6 is 11.8 Å². The Labute approximate surface area is 134 Å². The number of ether oxygens (including phenoxy) is 2. The molecule has 0 atom stereocenters. The Hall–Kier alpha value is -2.14. The van der Waals surface area contributed by atoms with Gasteiger partial charge in [0, 0.05) is 17.4 Å². The van der Waals surface area contributed by atoms with Gasteiger partial charge in [0.1, 0.15) is 11.5 Å². The topological polar surface area (TPSA) is 47.6 Å². The summed E-state index contributed by atoms with van der Waals surface area (Å²) in [7, 11) is 3.15. The molecular formula is C17H19NO3S. The molecule has 0 spiro atoms. The van der Waals surface area contributed by atoms with Crippen molar-refractivity contribution >= 4 is 23.4 Å². The maximum Gasteiger partial charge on any atom is 0.255 e. The fraction of sp³-hybridized carbons (Fsp3) is 0.235.